The summed E-state index contributed by atoms with van der Waals surface area (Å²) in [5, 5.41) is 27.0. The number of phenolic OH excluding ortho intramolecular Hbond substituents is 1. The Balaban J connectivity index is 3.25. The van der Waals surface area contributed by atoms with Crippen molar-refractivity contribution in [2.24, 2.45) is 0 Å². The smallest absolute Gasteiger partial charge is 0.172 e. The second-order valence-electron chi connectivity index (χ2n) is 3.06. The molecule has 4 nitrogen and oxygen atoms in total. The minimum atomic E-state index is -0.00922. The molecule has 86 valence electrons. The Morgan fingerprint density at radius 1 is 1.47 bits per heavy atom. The van der Waals surface area contributed by atoms with Gasteiger partial charge in [0.05, 0.1) is 11.1 Å². The number of hydrogen-bond acceptors (Lipinski definition) is 4. The van der Waals surface area contributed by atoms with E-state index in [4.69, 9.17) is 15.3 Å². The highest BCUT2D eigenvalue weighted by molar-refractivity contribution is 9.10. The van der Waals surface area contributed by atoms with E-state index >= 15 is 0 Å². The third kappa shape index (κ3) is 3.24. The van der Waals surface area contributed by atoms with Crippen molar-refractivity contribution in [3.8, 4) is 23.6 Å². The highest BCUT2D eigenvalue weighted by Gasteiger charge is 2.08. The van der Waals surface area contributed by atoms with Gasteiger partial charge in [0.25, 0.3) is 0 Å². The maximum atomic E-state index is 9.68. The minimum Gasteiger partial charge on any atom is -0.503 e. The molecular formula is C12H9BrN2O2. The Morgan fingerprint density at radius 2 is 2.12 bits per heavy atom. The number of benzene rings is 1. The number of allylic oxidation sites excluding steroid dienone is 1. The zero-order valence-corrected chi connectivity index (χ0v) is 10.7. The first-order valence-corrected chi connectivity index (χ1v) is 5.58. The average molecular weight is 293 g/mol. The fraction of sp³-hybridized carbons (Fsp3) is 0.167. The van der Waals surface area contributed by atoms with E-state index in [1.807, 2.05) is 0 Å². The first-order chi connectivity index (χ1) is 8.12. The molecule has 1 aromatic carbocycles. The van der Waals surface area contributed by atoms with Crippen LogP contribution in [0.15, 0.2) is 22.2 Å². The van der Waals surface area contributed by atoms with Gasteiger partial charge >= 0.3 is 0 Å². The number of ether oxygens (including phenoxy) is 1. The van der Waals surface area contributed by atoms with Crippen LogP contribution in [0.1, 0.15) is 12.5 Å². The fourth-order valence-electron chi connectivity index (χ4n) is 1.20. The Hall–Kier alpha value is -1.98. The summed E-state index contributed by atoms with van der Waals surface area (Å²) in [4.78, 5) is 0. The van der Waals surface area contributed by atoms with Crippen LogP contribution in [0.2, 0.25) is 0 Å². The van der Waals surface area contributed by atoms with Crippen LogP contribution in [-0.4, -0.2) is 11.7 Å². The van der Waals surface area contributed by atoms with Gasteiger partial charge in [0, 0.05) is 0 Å². The van der Waals surface area contributed by atoms with Crippen molar-refractivity contribution >= 4 is 22.0 Å². The lowest BCUT2D eigenvalue weighted by molar-refractivity contribution is 0.317. The molecule has 1 aromatic rings. The van der Waals surface area contributed by atoms with Crippen molar-refractivity contribution in [2.75, 3.05) is 6.61 Å². The second kappa shape index (κ2) is 5.93. The summed E-state index contributed by atoms with van der Waals surface area (Å²) in [6, 6.07) is 6.71. The van der Waals surface area contributed by atoms with E-state index in [1.165, 1.54) is 6.08 Å². The molecule has 5 heteroatoms. The quantitative estimate of drug-likeness (QED) is 0.869. The first-order valence-electron chi connectivity index (χ1n) is 4.79. The van der Waals surface area contributed by atoms with Crippen molar-refractivity contribution in [1.82, 2.24) is 0 Å². The summed E-state index contributed by atoms with van der Waals surface area (Å²) in [7, 11) is 0. The van der Waals surface area contributed by atoms with Gasteiger partial charge in [-0.1, -0.05) is 0 Å². The second-order valence-corrected chi connectivity index (χ2v) is 3.92. The van der Waals surface area contributed by atoms with Crippen molar-refractivity contribution in [3.63, 3.8) is 0 Å². The predicted octanol–water partition coefficient (Wildman–Crippen LogP) is 2.98. The molecule has 1 N–H and O–H groups in total. The van der Waals surface area contributed by atoms with Gasteiger partial charge < -0.3 is 9.84 Å². The van der Waals surface area contributed by atoms with Crippen LogP contribution in [0.4, 0.5) is 0 Å². The van der Waals surface area contributed by atoms with Gasteiger partial charge in [-0.25, -0.2) is 0 Å². The van der Waals surface area contributed by atoms with Gasteiger partial charge in [0.1, 0.15) is 17.7 Å². The standard InChI is InChI=1S/C12H9BrN2O2/c1-2-17-11-5-8(3-9(6-14)7-15)4-10(13)12(11)16/h3-5,16H,2H2,1H3. The van der Waals surface area contributed by atoms with Crippen molar-refractivity contribution in [2.45, 2.75) is 6.92 Å². The molecule has 1 rings (SSSR count). The van der Waals surface area contributed by atoms with E-state index in [0.717, 1.165) is 0 Å². The van der Waals surface area contributed by atoms with Crippen LogP contribution in [-0.2, 0) is 0 Å². The predicted molar refractivity (Wildman–Crippen MR) is 66.2 cm³/mol. The molecule has 17 heavy (non-hydrogen) atoms. The molecule has 0 amide bonds. The molecule has 0 aliphatic carbocycles. The molecule has 0 aliphatic heterocycles. The Morgan fingerprint density at radius 3 is 2.65 bits per heavy atom. The molecule has 0 spiro atoms. The summed E-state index contributed by atoms with van der Waals surface area (Å²) >= 11 is 3.18. The van der Waals surface area contributed by atoms with Gasteiger partial charge in [-0.2, -0.15) is 10.5 Å². The van der Waals surface area contributed by atoms with Gasteiger partial charge in [-0.15, -0.1) is 0 Å². The summed E-state index contributed by atoms with van der Waals surface area (Å²) in [5.41, 5.74) is 0.598. The van der Waals surface area contributed by atoms with Crippen molar-refractivity contribution in [3.05, 3.63) is 27.7 Å². The monoisotopic (exact) mass is 292 g/mol. The molecule has 0 heterocycles. The number of nitrogens with zero attached hydrogens (tertiary/aromatic N) is 2. The van der Waals surface area contributed by atoms with E-state index in [9.17, 15) is 5.11 Å². The van der Waals surface area contributed by atoms with Crippen molar-refractivity contribution in [1.29, 1.82) is 10.5 Å². The Kier molecular flexibility index (Phi) is 4.56. The van der Waals surface area contributed by atoms with E-state index in [0.29, 0.717) is 22.4 Å². The summed E-state index contributed by atoms with van der Waals surface area (Å²) < 4.78 is 5.68. The molecule has 0 atom stereocenters. The average Bonchev–Trinajstić information content (AvgIpc) is 2.32. The first kappa shape index (κ1) is 13.1. The van der Waals surface area contributed by atoms with Crippen LogP contribution in [0, 0.1) is 22.7 Å². The fourth-order valence-corrected chi connectivity index (χ4v) is 1.66. The molecular weight excluding hydrogens is 284 g/mol. The number of rotatable bonds is 3. The third-order valence-electron chi connectivity index (χ3n) is 1.90. The molecule has 0 unspecified atom stereocenters. The normalized spacial score (nSPS) is 8.94. The lowest BCUT2D eigenvalue weighted by atomic mass is 10.1. The SMILES string of the molecule is CCOc1cc(C=C(C#N)C#N)cc(Br)c1O. The number of nitriles is 2. The zero-order valence-electron chi connectivity index (χ0n) is 9.07. The summed E-state index contributed by atoms with van der Waals surface area (Å²) in [5.74, 6) is 0.308. The van der Waals surface area contributed by atoms with E-state index in [-0.39, 0.29) is 11.3 Å². The molecule has 0 fully saturated rings. The third-order valence-corrected chi connectivity index (χ3v) is 2.51. The maximum Gasteiger partial charge on any atom is 0.172 e. The molecule has 0 bridgehead atoms. The van der Waals surface area contributed by atoms with Gasteiger partial charge in [-0.05, 0) is 46.6 Å². The summed E-state index contributed by atoms with van der Waals surface area (Å²) in [6.45, 7) is 2.21. The van der Waals surface area contributed by atoms with Crippen LogP contribution in [0.3, 0.4) is 0 Å². The van der Waals surface area contributed by atoms with Gasteiger partial charge in [0.2, 0.25) is 0 Å². The zero-order chi connectivity index (χ0) is 12.8. The lowest BCUT2D eigenvalue weighted by Gasteiger charge is -2.08. The van der Waals surface area contributed by atoms with Gasteiger partial charge in [-0.3, -0.25) is 0 Å². The number of phenols is 1. The minimum absolute atomic E-state index is 0.000495. The highest BCUT2D eigenvalue weighted by atomic mass is 79.9. The largest absolute Gasteiger partial charge is 0.503 e. The van der Waals surface area contributed by atoms with Crippen LogP contribution < -0.4 is 4.74 Å². The molecule has 0 saturated heterocycles. The Bertz CT molecular complexity index is 523. The number of halogens is 1. The number of aromatic hydroxyl groups is 1. The van der Waals surface area contributed by atoms with Gasteiger partial charge in [0.15, 0.2) is 11.5 Å². The lowest BCUT2D eigenvalue weighted by Crippen LogP contribution is -1.93. The maximum absolute atomic E-state index is 9.68. The topological polar surface area (TPSA) is 77.0 Å². The molecule has 0 aromatic heterocycles. The van der Waals surface area contributed by atoms with Crippen LogP contribution in [0.5, 0.6) is 11.5 Å². The number of hydrogen-bond donors (Lipinski definition) is 1. The van der Waals surface area contributed by atoms with E-state index in [2.05, 4.69) is 15.9 Å². The van der Waals surface area contributed by atoms with Crippen LogP contribution in [0.25, 0.3) is 6.08 Å². The molecule has 0 aliphatic rings. The molecule has 0 radical (unpaired) electrons. The van der Waals surface area contributed by atoms with E-state index < -0.39 is 0 Å². The summed E-state index contributed by atoms with van der Waals surface area (Å²) in [6.07, 6.45) is 1.42. The van der Waals surface area contributed by atoms with E-state index in [1.54, 1.807) is 31.2 Å². The highest BCUT2D eigenvalue weighted by Crippen LogP contribution is 2.36. The van der Waals surface area contributed by atoms with Crippen molar-refractivity contribution < 1.29 is 9.84 Å². The molecule has 0 saturated carbocycles. The van der Waals surface area contributed by atoms with Crippen LogP contribution >= 0.6 is 15.9 Å². The Labute approximate surface area is 107 Å².